The fourth-order valence-corrected chi connectivity index (χ4v) is 4.03. The third-order valence-corrected chi connectivity index (χ3v) is 5.78. The summed E-state index contributed by atoms with van der Waals surface area (Å²) >= 11 is 2.05. The largest absolute Gasteiger partial charge is 0.385 e. The number of rotatable bonds is 13. The fraction of sp³-hybridized carbons (Fsp3) is 0.941. The van der Waals surface area contributed by atoms with Gasteiger partial charge in [0, 0.05) is 30.6 Å². The molecule has 0 saturated heterocycles. The van der Waals surface area contributed by atoms with E-state index in [1.807, 2.05) is 0 Å². The zero-order valence-electron chi connectivity index (χ0n) is 14.1. The van der Waals surface area contributed by atoms with Gasteiger partial charge < -0.3 is 9.53 Å². The SMILES string of the molecule is CCCC(CC=O)SC(CCC(C)CCOC)C(C)C. The van der Waals surface area contributed by atoms with Crippen LogP contribution >= 0.6 is 11.8 Å². The van der Waals surface area contributed by atoms with Crippen molar-refractivity contribution in [2.75, 3.05) is 13.7 Å². The van der Waals surface area contributed by atoms with Gasteiger partial charge in [0.25, 0.3) is 0 Å². The van der Waals surface area contributed by atoms with Crippen molar-refractivity contribution in [3.63, 3.8) is 0 Å². The van der Waals surface area contributed by atoms with Gasteiger partial charge in [-0.3, -0.25) is 0 Å². The van der Waals surface area contributed by atoms with Gasteiger partial charge in [0.2, 0.25) is 0 Å². The van der Waals surface area contributed by atoms with Gasteiger partial charge in [-0.25, -0.2) is 0 Å². The lowest BCUT2D eigenvalue weighted by Crippen LogP contribution is -2.18. The highest BCUT2D eigenvalue weighted by molar-refractivity contribution is 8.00. The van der Waals surface area contributed by atoms with Gasteiger partial charge in [0.1, 0.15) is 6.29 Å². The summed E-state index contributed by atoms with van der Waals surface area (Å²) in [5.41, 5.74) is 0. The van der Waals surface area contributed by atoms with Gasteiger partial charge in [0.15, 0.2) is 0 Å². The molecule has 2 nitrogen and oxygen atoms in total. The monoisotopic (exact) mass is 302 g/mol. The third kappa shape index (κ3) is 9.82. The normalized spacial score (nSPS) is 16.1. The Kier molecular flexibility index (Phi) is 12.7. The zero-order chi connectivity index (χ0) is 15.4. The first-order valence-electron chi connectivity index (χ1n) is 8.13. The van der Waals surface area contributed by atoms with E-state index >= 15 is 0 Å². The first kappa shape index (κ1) is 20.0. The number of ether oxygens (including phenoxy) is 1. The van der Waals surface area contributed by atoms with Crippen molar-refractivity contribution in [1.82, 2.24) is 0 Å². The average molecular weight is 303 g/mol. The second kappa shape index (κ2) is 12.7. The summed E-state index contributed by atoms with van der Waals surface area (Å²) in [6, 6.07) is 0. The lowest BCUT2D eigenvalue weighted by molar-refractivity contribution is -0.107. The predicted octanol–water partition coefficient (Wildman–Crippen LogP) is 4.95. The van der Waals surface area contributed by atoms with E-state index < -0.39 is 0 Å². The molecule has 0 aromatic carbocycles. The van der Waals surface area contributed by atoms with E-state index in [1.165, 1.54) is 19.3 Å². The Balaban J connectivity index is 4.22. The van der Waals surface area contributed by atoms with Crippen LogP contribution in [-0.2, 0) is 9.53 Å². The molecule has 0 amide bonds. The molecular formula is C17H34O2S. The molecule has 0 spiro atoms. The van der Waals surface area contributed by atoms with E-state index in [4.69, 9.17) is 4.74 Å². The third-order valence-electron chi connectivity index (χ3n) is 3.84. The van der Waals surface area contributed by atoms with E-state index in [-0.39, 0.29) is 0 Å². The number of hydrogen-bond acceptors (Lipinski definition) is 3. The first-order chi connectivity index (χ1) is 9.54. The maximum atomic E-state index is 10.8. The second-order valence-corrected chi connectivity index (χ2v) is 7.74. The molecule has 3 atom stereocenters. The topological polar surface area (TPSA) is 26.3 Å². The summed E-state index contributed by atoms with van der Waals surface area (Å²) in [7, 11) is 1.77. The summed E-state index contributed by atoms with van der Waals surface area (Å²) in [5.74, 6) is 1.41. The van der Waals surface area contributed by atoms with Gasteiger partial charge in [0.05, 0.1) is 0 Å². The Morgan fingerprint density at radius 2 is 1.80 bits per heavy atom. The molecule has 0 heterocycles. The van der Waals surface area contributed by atoms with Gasteiger partial charge in [-0.1, -0.05) is 34.1 Å². The molecule has 0 aliphatic carbocycles. The molecule has 0 N–H and O–H groups in total. The van der Waals surface area contributed by atoms with Crippen LogP contribution in [0.2, 0.25) is 0 Å². The summed E-state index contributed by atoms with van der Waals surface area (Å²) in [6.45, 7) is 10.00. The average Bonchev–Trinajstić information content (AvgIpc) is 2.41. The zero-order valence-corrected chi connectivity index (χ0v) is 14.9. The van der Waals surface area contributed by atoms with Crippen LogP contribution in [-0.4, -0.2) is 30.5 Å². The lowest BCUT2D eigenvalue weighted by atomic mass is 9.97. The van der Waals surface area contributed by atoms with Crippen molar-refractivity contribution in [2.45, 2.75) is 76.7 Å². The minimum absolute atomic E-state index is 0.513. The quantitative estimate of drug-likeness (QED) is 0.450. The number of aldehydes is 1. The Bertz CT molecular complexity index is 231. The van der Waals surface area contributed by atoms with Crippen molar-refractivity contribution in [1.29, 1.82) is 0 Å². The first-order valence-corrected chi connectivity index (χ1v) is 9.07. The number of hydrogen-bond donors (Lipinski definition) is 0. The fourth-order valence-electron chi connectivity index (χ4n) is 2.39. The molecule has 3 heteroatoms. The Hall–Kier alpha value is -0.0200. The van der Waals surface area contributed by atoms with E-state index in [2.05, 4.69) is 39.5 Å². The van der Waals surface area contributed by atoms with Gasteiger partial charge in [-0.05, 0) is 37.5 Å². The van der Waals surface area contributed by atoms with Gasteiger partial charge in [-0.15, -0.1) is 0 Å². The predicted molar refractivity (Wildman–Crippen MR) is 90.5 cm³/mol. The summed E-state index contributed by atoms with van der Waals surface area (Å²) in [5, 5.41) is 1.19. The smallest absolute Gasteiger partial charge is 0.121 e. The maximum Gasteiger partial charge on any atom is 0.121 e. The van der Waals surface area contributed by atoms with E-state index in [9.17, 15) is 4.79 Å². The summed E-state index contributed by atoms with van der Waals surface area (Å²) < 4.78 is 5.15. The van der Waals surface area contributed by atoms with Crippen LogP contribution in [0, 0.1) is 11.8 Å². The molecule has 0 aromatic heterocycles. The number of carbonyl (C=O) groups excluding carboxylic acids is 1. The molecule has 0 aliphatic heterocycles. The van der Waals surface area contributed by atoms with Crippen LogP contribution in [0.3, 0.4) is 0 Å². The molecule has 0 rings (SSSR count). The molecule has 0 aliphatic rings. The van der Waals surface area contributed by atoms with Crippen LogP contribution in [0.25, 0.3) is 0 Å². The minimum Gasteiger partial charge on any atom is -0.385 e. The molecule has 0 radical (unpaired) electrons. The highest BCUT2D eigenvalue weighted by atomic mass is 32.2. The van der Waals surface area contributed by atoms with Crippen LogP contribution in [0.15, 0.2) is 0 Å². The Labute approximate surface area is 130 Å². The van der Waals surface area contributed by atoms with E-state index in [1.54, 1.807) is 7.11 Å². The Morgan fingerprint density at radius 3 is 2.30 bits per heavy atom. The molecule has 0 aromatic rings. The van der Waals surface area contributed by atoms with Crippen molar-refractivity contribution in [3.05, 3.63) is 0 Å². The number of thioether (sulfide) groups is 1. The van der Waals surface area contributed by atoms with Crippen LogP contribution in [0.1, 0.15) is 66.2 Å². The molecule has 0 saturated carbocycles. The van der Waals surface area contributed by atoms with Crippen LogP contribution in [0.4, 0.5) is 0 Å². The number of methoxy groups -OCH3 is 1. The van der Waals surface area contributed by atoms with Crippen molar-refractivity contribution >= 4 is 18.0 Å². The summed E-state index contributed by atoms with van der Waals surface area (Å²) in [4.78, 5) is 10.8. The molecule has 20 heavy (non-hydrogen) atoms. The second-order valence-electron chi connectivity index (χ2n) is 6.20. The standard InChI is InChI=1S/C17H34O2S/c1-6-7-16(10-12-18)20-17(14(2)3)9-8-15(4)11-13-19-5/h12,14-17H,6-11,13H2,1-5H3. The van der Waals surface area contributed by atoms with E-state index in [0.29, 0.717) is 22.8 Å². The van der Waals surface area contributed by atoms with Crippen molar-refractivity contribution in [3.8, 4) is 0 Å². The molecule has 120 valence electrons. The molecule has 0 fully saturated rings. The molecule has 3 unspecified atom stereocenters. The van der Waals surface area contributed by atoms with Crippen molar-refractivity contribution in [2.24, 2.45) is 11.8 Å². The highest BCUT2D eigenvalue weighted by Gasteiger charge is 2.20. The molecule has 0 bridgehead atoms. The summed E-state index contributed by atoms with van der Waals surface area (Å²) in [6.07, 6.45) is 7.80. The maximum absolute atomic E-state index is 10.8. The Morgan fingerprint density at radius 1 is 1.10 bits per heavy atom. The van der Waals surface area contributed by atoms with Gasteiger partial charge in [-0.2, -0.15) is 11.8 Å². The van der Waals surface area contributed by atoms with Crippen molar-refractivity contribution < 1.29 is 9.53 Å². The van der Waals surface area contributed by atoms with Crippen LogP contribution in [0.5, 0.6) is 0 Å². The number of carbonyl (C=O) groups is 1. The van der Waals surface area contributed by atoms with E-state index in [0.717, 1.165) is 31.7 Å². The molecular weight excluding hydrogens is 268 g/mol. The lowest BCUT2D eigenvalue weighted by Gasteiger charge is -2.26. The minimum atomic E-state index is 0.513. The van der Waals surface area contributed by atoms with Gasteiger partial charge >= 0.3 is 0 Å². The highest BCUT2D eigenvalue weighted by Crippen LogP contribution is 2.32. The van der Waals surface area contributed by atoms with Crippen LogP contribution < -0.4 is 0 Å².